The average molecular weight is 311 g/mol. The summed E-state index contributed by atoms with van der Waals surface area (Å²) in [7, 11) is 0. The van der Waals surface area contributed by atoms with Gasteiger partial charge in [-0.2, -0.15) is 17.5 Å². The first-order chi connectivity index (χ1) is 9.30. The number of carbonyl (C=O) groups excluding carboxylic acids is 1. The maximum absolute atomic E-state index is 12.6. The van der Waals surface area contributed by atoms with Crippen LogP contribution in [0.25, 0.3) is 0 Å². The van der Waals surface area contributed by atoms with Crippen LogP contribution in [0, 0.1) is 0 Å². The number of nitrogen functional groups attached to an aromatic ring is 1. The number of nitrogens with two attached hydrogens (primary N) is 1. The summed E-state index contributed by atoms with van der Waals surface area (Å²) in [6, 6.07) is 0. The van der Waals surface area contributed by atoms with Crippen LogP contribution >= 0.6 is 11.5 Å². The summed E-state index contributed by atoms with van der Waals surface area (Å²) in [5, 5.41) is 0.0973. The first-order valence-corrected chi connectivity index (χ1v) is 6.81. The van der Waals surface area contributed by atoms with Gasteiger partial charge in [0.15, 0.2) is 5.82 Å². The normalized spacial score (nSPS) is 11.4. The lowest BCUT2D eigenvalue weighted by atomic mass is 10.3. The second kappa shape index (κ2) is 6.78. The molecule has 0 aromatic carbocycles. The van der Waals surface area contributed by atoms with Crippen molar-refractivity contribution in [3.63, 3.8) is 0 Å². The molecule has 9 heteroatoms. The summed E-state index contributed by atoms with van der Waals surface area (Å²) in [4.78, 5) is 12.8. The highest BCUT2D eigenvalue weighted by atomic mass is 32.1. The molecule has 0 bridgehead atoms. The van der Waals surface area contributed by atoms with Crippen molar-refractivity contribution in [3.05, 3.63) is 5.56 Å². The standard InChI is InChI=1S/C11H16F3N3O2S/c1-3-5-17(6-11(12,13)14)9-7(8(15)16-20-9)10(18)19-4-2/h3-6H2,1-2H3,(H2,15,16). The molecule has 0 amide bonds. The molecule has 1 aromatic rings. The van der Waals surface area contributed by atoms with Gasteiger partial charge in [-0.1, -0.05) is 6.92 Å². The fourth-order valence-corrected chi connectivity index (χ4v) is 2.47. The molecule has 0 fully saturated rings. The number of anilines is 2. The molecule has 0 aliphatic rings. The van der Waals surface area contributed by atoms with Gasteiger partial charge in [0.25, 0.3) is 0 Å². The first kappa shape index (κ1) is 16.5. The van der Waals surface area contributed by atoms with Crippen molar-refractivity contribution in [2.24, 2.45) is 0 Å². The number of carbonyl (C=O) groups is 1. The summed E-state index contributed by atoms with van der Waals surface area (Å²) in [6.45, 7) is 2.45. The summed E-state index contributed by atoms with van der Waals surface area (Å²) in [5.41, 5.74) is 5.47. The van der Waals surface area contributed by atoms with Gasteiger partial charge < -0.3 is 15.4 Å². The van der Waals surface area contributed by atoms with Gasteiger partial charge in [0, 0.05) is 6.54 Å². The zero-order valence-corrected chi connectivity index (χ0v) is 12.0. The van der Waals surface area contributed by atoms with Crippen molar-refractivity contribution in [2.75, 3.05) is 30.3 Å². The molecule has 1 aromatic heterocycles. The molecule has 0 saturated carbocycles. The summed E-state index contributed by atoms with van der Waals surface area (Å²) >= 11 is 0.769. The van der Waals surface area contributed by atoms with Crippen LogP contribution < -0.4 is 10.6 Å². The van der Waals surface area contributed by atoms with Gasteiger partial charge in [0.05, 0.1) is 6.61 Å². The molecule has 0 spiro atoms. The van der Waals surface area contributed by atoms with E-state index in [1.807, 2.05) is 0 Å². The minimum absolute atomic E-state index is 0.0884. The quantitative estimate of drug-likeness (QED) is 0.818. The number of alkyl halides is 3. The van der Waals surface area contributed by atoms with E-state index in [4.69, 9.17) is 10.5 Å². The topological polar surface area (TPSA) is 68.5 Å². The van der Waals surface area contributed by atoms with Crippen LogP contribution in [0.3, 0.4) is 0 Å². The second-order valence-corrected chi connectivity index (χ2v) is 4.76. The van der Waals surface area contributed by atoms with Crippen molar-refractivity contribution in [2.45, 2.75) is 26.4 Å². The van der Waals surface area contributed by atoms with Gasteiger partial charge in [-0.3, -0.25) is 0 Å². The molecule has 1 rings (SSSR count). The molecule has 0 unspecified atom stereocenters. The van der Waals surface area contributed by atoms with Crippen LogP contribution in [0.1, 0.15) is 30.6 Å². The maximum Gasteiger partial charge on any atom is 0.405 e. The van der Waals surface area contributed by atoms with Crippen LogP contribution in [0.5, 0.6) is 0 Å². The lowest BCUT2D eigenvalue weighted by Gasteiger charge is -2.24. The Kier molecular flexibility index (Phi) is 5.61. The third-order valence-corrected chi connectivity index (χ3v) is 3.25. The van der Waals surface area contributed by atoms with Crippen molar-refractivity contribution in [3.8, 4) is 0 Å². The molecule has 0 atom stereocenters. The molecule has 5 nitrogen and oxygen atoms in total. The highest BCUT2D eigenvalue weighted by Gasteiger charge is 2.34. The highest BCUT2D eigenvalue weighted by Crippen LogP contribution is 2.33. The molecule has 0 saturated heterocycles. The van der Waals surface area contributed by atoms with Crippen LogP contribution in [0.15, 0.2) is 0 Å². The lowest BCUT2D eigenvalue weighted by Crippen LogP contribution is -2.35. The van der Waals surface area contributed by atoms with Gasteiger partial charge in [0.2, 0.25) is 0 Å². The third kappa shape index (κ3) is 4.26. The van der Waals surface area contributed by atoms with Gasteiger partial charge in [-0.05, 0) is 24.9 Å². The number of nitrogens with zero attached hydrogens (tertiary/aromatic N) is 2. The SMILES string of the molecule is CCCN(CC(F)(F)F)c1snc(N)c1C(=O)OCC. The third-order valence-electron chi connectivity index (χ3n) is 2.33. The van der Waals surface area contributed by atoms with E-state index in [2.05, 4.69) is 4.37 Å². The number of halogens is 3. The van der Waals surface area contributed by atoms with E-state index in [0.717, 1.165) is 16.4 Å². The van der Waals surface area contributed by atoms with Crippen LogP contribution in [0.2, 0.25) is 0 Å². The zero-order chi connectivity index (χ0) is 15.3. The van der Waals surface area contributed by atoms with Gasteiger partial charge in [0.1, 0.15) is 17.1 Å². The predicted octanol–water partition coefficient (Wildman–Crippen LogP) is 2.68. The Balaban J connectivity index is 3.10. The minimum atomic E-state index is -4.38. The summed E-state index contributed by atoms with van der Waals surface area (Å²) in [5.74, 6) is -0.858. The summed E-state index contributed by atoms with van der Waals surface area (Å²) in [6.07, 6.45) is -3.88. The Labute approximate surface area is 118 Å². The molecular weight excluding hydrogens is 295 g/mol. The molecular formula is C11H16F3N3O2S. The van der Waals surface area contributed by atoms with Crippen LogP contribution in [-0.2, 0) is 4.74 Å². The van der Waals surface area contributed by atoms with Crippen molar-refractivity contribution in [1.29, 1.82) is 0 Å². The summed E-state index contributed by atoms with van der Waals surface area (Å²) < 4.78 is 46.4. The van der Waals surface area contributed by atoms with Crippen LogP contribution in [0.4, 0.5) is 24.0 Å². The fourth-order valence-electron chi connectivity index (χ4n) is 1.64. The maximum atomic E-state index is 12.6. The van der Waals surface area contributed by atoms with E-state index in [1.165, 1.54) is 0 Å². The Morgan fingerprint density at radius 1 is 1.45 bits per heavy atom. The van der Waals surface area contributed by atoms with Crippen LogP contribution in [-0.4, -0.2) is 36.2 Å². The molecule has 0 aliphatic heterocycles. The second-order valence-electron chi connectivity index (χ2n) is 4.01. The Morgan fingerprint density at radius 3 is 2.60 bits per heavy atom. The fraction of sp³-hybridized carbons (Fsp3) is 0.636. The zero-order valence-electron chi connectivity index (χ0n) is 11.2. The Hall–Kier alpha value is -1.51. The number of hydrogen-bond donors (Lipinski definition) is 1. The Bertz CT molecular complexity index is 462. The monoisotopic (exact) mass is 311 g/mol. The highest BCUT2D eigenvalue weighted by molar-refractivity contribution is 7.11. The lowest BCUT2D eigenvalue weighted by molar-refractivity contribution is -0.119. The number of aromatic nitrogens is 1. The number of hydrogen-bond acceptors (Lipinski definition) is 6. The Morgan fingerprint density at radius 2 is 2.10 bits per heavy atom. The predicted molar refractivity (Wildman–Crippen MR) is 71.0 cm³/mol. The van der Waals surface area contributed by atoms with E-state index in [1.54, 1.807) is 13.8 Å². The van der Waals surface area contributed by atoms with Crippen molar-refractivity contribution in [1.82, 2.24) is 4.37 Å². The molecule has 2 N–H and O–H groups in total. The molecule has 0 aliphatic carbocycles. The van der Waals surface area contributed by atoms with Crippen molar-refractivity contribution < 1.29 is 22.7 Å². The van der Waals surface area contributed by atoms with E-state index in [-0.39, 0.29) is 29.5 Å². The number of rotatable bonds is 6. The van der Waals surface area contributed by atoms with E-state index in [0.29, 0.717) is 6.42 Å². The van der Waals surface area contributed by atoms with E-state index >= 15 is 0 Å². The minimum Gasteiger partial charge on any atom is -0.462 e. The first-order valence-electron chi connectivity index (χ1n) is 6.04. The van der Waals surface area contributed by atoms with E-state index < -0.39 is 18.7 Å². The molecule has 20 heavy (non-hydrogen) atoms. The smallest absolute Gasteiger partial charge is 0.405 e. The molecule has 114 valence electrons. The van der Waals surface area contributed by atoms with Gasteiger partial charge >= 0.3 is 12.1 Å². The van der Waals surface area contributed by atoms with E-state index in [9.17, 15) is 18.0 Å². The molecule has 1 heterocycles. The number of esters is 1. The largest absolute Gasteiger partial charge is 0.462 e. The average Bonchev–Trinajstić information content (AvgIpc) is 2.69. The number of ether oxygens (including phenoxy) is 1. The van der Waals surface area contributed by atoms with Gasteiger partial charge in [-0.15, -0.1) is 0 Å². The molecule has 0 radical (unpaired) electrons. The van der Waals surface area contributed by atoms with Gasteiger partial charge in [-0.25, -0.2) is 4.79 Å². The van der Waals surface area contributed by atoms with Crippen molar-refractivity contribution >= 4 is 28.3 Å².